The van der Waals surface area contributed by atoms with Crippen LogP contribution in [0.4, 0.5) is 0 Å². The third-order valence-corrected chi connectivity index (χ3v) is 5.69. The minimum Gasteiger partial charge on any atom is -0.349 e. The van der Waals surface area contributed by atoms with Crippen LogP contribution in [0.15, 0.2) is 53.3 Å². The maximum Gasteiger partial charge on any atom is 0.262 e. The van der Waals surface area contributed by atoms with E-state index in [1.807, 2.05) is 30.3 Å². The number of carbonyl (C=O) groups excluding carboxylic acids is 1. The zero-order valence-electron chi connectivity index (χ0n) is 15.6. The van der Waals surface area contributed by atoms with Crippen LogP contribution in [0.25, 0.3) is 10.9 Å². The largest absolute Gasteiger partial charge is 0.349 e. The van der Waals surface area contributed by atoms with Crippen molar-refractivity contribution in [2.75, 3.05) is 0 Å². The summed E-state index contributed by atoms with van der Waals surface area (Å²) in [5.74, 6) is -0.0958. The Morgan fingerprint density at radius 3 is 2.61 bits per heavy atom. The first-order valence-electron chi connectivity index (χ1n) is 9.73. The zero-order chi connectivity index (χ0) is 19.5. The van der Waals surface area contributed by atoms with Crippen LogP contribution in [0, 0.1) is 4.77 Å². The van der Waals surface area contributed by atoms with E-state index >= 15 is 0 Å². The molecular formula is C22H23N3O2S. The number of amides is 1. The number of benzene rings is 2. The van der Waals surface area contributed by atoms with Gasteiger partial charge < -0.3 is 10.3 Å². The van der Waals surface area contributed by atoms with E-state index in [1.165, 1.54) is 6.42 Å². The molecule has 144 valence electrons. The van der Waals surface area contributed by atoms with Gasteiger partial charge in [-0.1, -0.05) is 49.6 Å². The zero-order valence-corrected chi connectivity index (χ0v) is 16.4. The van der Waals surface area contributed by atoms with Crippen molar-refractivity contribution in [3.8, 4) is 0 Å². The second kappa shape index (κ2) is 8.10. The van der Waals surface area contributed by atoms with Gasteiger partial charge in [-0.3, -0.25) is 14.2 Å². The fraction of sp³-hybridized carbons (Fsp3) is 0.318. The normalized spacial score (nSPS) is 14.9. The molecule has 1 fully saturated rings. The summed E-state index contributed by atoms with van der Waals surface area (Å²) in [6, 6.07) is 15.1. The highest BCUT2D eigenvalue weighted by Gasteiger charge is 2.17. The van der Waals surface area contributed by atoms with Gasteiger partial charge in [0.25, 0.3) is 11.5 Å². The van der Waals surface area contributed by atoms with Crippen LogP contribution in [0.3, 0.4) is 0 Å². The topological polar surface area (TPSA) is 66.9 Å². The molecular weight excluding hydrogens is 370 g/mol. The number of hydrogen-bond acceptors (Lipinski definition) is 3. The summed E-state index contributed by atoms with van der Waals surface area (Å²) in [6.07, 6.45) is 5.64. The maximum atomic E-state index is 12.9. The van der Waals surface area contributed by atoms with Crippen LogP contribution >= 0.6 is 12.2 Å². The molecule has 0 spiro atoms. The summed E-state index contributed by atoms with van der Waals surface area (Å²) in [7, 11) is 0. The number of rotatable bonds is 4. The lowest BCUT2D eigenvalue weighted by molar-refractivity contribution is 0.0928. The summed E-state index contributed by atoms with van der Waals surface area (Å²) in [5.41, 5.74) is 1.99. The minimum atomic E-state index is -0.151. The number of carbonyl (C=O) groups is 1. The lowest BCUT2D eigenvalue weighted by atomic mass is 9.95. The van der Waals surface area contributed by atoms with Gasteiger partial charge in [-0.25, -0.2) is 0 Å². The second-order valence-electron chi connectivity index (χ2n) is 7.38. The summed E-state index contributed by atoms with van der Waals surface area (Å²) >= 11 is 5.41. The third-order valence-electron chi connectivity index (χ3n) is 5.37. The van der Waals surface area contributed by atoms with E-state index in [-0.39, 0.29) is 17.5 Å². The molecule has 3 aromatic rings. The van der Waals surface area contributed by atoms with Crippen molar-refractivity contribution in [3.05, 3.63) is 74.8 Å². The van der Waals surface area contributed by atoms with Gasteiger partial charge in [0, 0.05) is 11.6 Å². The molecule has 4 rings (SSSR count). The molecule has 0 aliphatic heterocycles. The van der Waals surface area contributed by atoms with Crippen molar-refractivity contribution in [2.24, 2.45) is 0 Å². The molecule has 0 atom stereocenters. The van der Waals surface area contributed by atoms with Crippen LogP contribution in [-0.4, -0.2) is 21.5 Å². The molecule has 2 aromatic carbocycles. The van der Waals surface area contributed by atoms with Crippen molar-refractivity contribution < 1.29 is 4.79 Å². The average molecular weight is 394 g/mol. The predicted molar refractivity (Wildman–Crippen MR) is 113 cm³/mol. The van der Waals surface area contributed by atoms with Gasteiger partial charge in [-0.05, 0) is 48.8 Å². The van der Waals surface area contributed by atoms with Crippen molar-refractivity contribution >= 4 is 29.0 Å². The van der Waals surface area contributed by atoms with E-state index in [1.54, 1.807) is 22.8 Å². The van der Waals surface area contributed by atoms with Crippen molar-refractivity contribution in [2.45, 2.75) is 44.7 Å². The summed E-state index contributed by atoms with van der Waals surface area (Å²) < 4.78 is 1.90. The quantitative estimate of drug-likeness (QED) is 0.654. The molecule has 0 bridgehead atoms. The van der Waals surface area contributed by atoms with Crippen LogP contribution in [0.5, 0.6) is 0 Å². The highest BCUT2D eigenvalue weighted by atomic mass is 32.1. The van der Waals surface area contributed by atoms with Crippen molar-refractivity contribution in [1.29, 1.82) is 0 Å². The van der Waals surface area contributed by atoms with Gasteiger partial charge in [0.2, 0.25) is 0 Å². The average Bonchev–Trinajstić information content (AvgIpc) is 2.72. The summed E-state index contributed by atoms with van der Waals surface area (Å²) in [6.45, 7) is 0.412. The molecule has 28 heavy (non-hydrogen) atoms. The lowest BCUT2D eigenvalue weighted by Crippen LogP contribution is -2.36. The molecule has 5 nitrogen and oxygen atoms in total. The molecule has 1 heterocycles. The maximum absolute atomic E-state index is 12.9. The Labute approximate surface area is 168 Å². The molecule has 0 radical (unpaired) electrons. The standard InChI is InChI=1S/C22H23N3O2S/c26-20(23-17-9-5-2-6-10-17)16-11-12-18-19(13-16)24-22(28)25(21(18)27)14-15-7-3-1-4-8-15/h1,3-4,7-8,11-13,17H,2,5-6,9-10,14H2,(H,23,26)(H,24,28). The Kier molecular flexibility index (Phi) is 5.39. The molecule has 1 amide bonds. The molecule has 6 heteroatoms. The molecule has 1 saturated carbocycles. The third kappa shape index (κ3) is 3.92. The predicted octanol–water partition coefficient (Wildman–Crippen LogP) is 4.17. The molecule has 1 aliphatic rings. The molecule has 0 saturated heterocycles. The van der Waals surface area contributed by atoms with E-state index in [0.29, 0.717) is 27.8 Å². The first-order chi connectivity index (χ1) is 13.6. The molecule has 0 unspecified atom stereocenters. The number of aromatic nitrogens is 2. The number of nitrogens with zero attached hydrogens (tertiary/aromatic N) is 1. The lowest BCUT2D eigenvalue weighted by Gasteiger charge is -2.22. The number of hydrogen-bond donors (Lipinski definition) is 2. The number of aromatic amines is 1. The summed E-state index contributed by atoms with van der Waals surface area (Å²) in [5, 5.41) is 3.64. The molecule has 1 aromatic heterocycles. The van der Waals surface area contributed by atoms with Crippen molar-refractivity contribution in [1.82, 2.24) is 14.9 Å². The van der Waals surface area contributed by atoms with E-state index < -0.39 is 0 Å². The second-order valence-corrected chi connectivity index (χ2v) is 7.76. The number of nitrogens with one attached hydrogen (secondary N) is 2. The van der Waals surface area contributed by atoms with E-state index in [9.17, 15) is 9.59 Å². The Bertz CT molecular complexity index is 1110. The molecule has 1 aliphatic carbocycles. The van der Waals surface area contributed by atoms with Crippen LogP contribution < -0.4 is 10.9 Å². The van der Waals surface area contributed by atoms with Crippen LogP contribution in [-0.2, 0) is 6.54 Å². The highest BCUT2D eigenvalue weighted by Crippen LogP contribution is 2.18. The van der Waals surface area contributed by atoms with E-state index in [0.717, 1.165) is 31.2 Å². The van der Waals surface area contributed by atoms with Gasteiger partial charge in [0.05, 0.1) is 17.4 Å². The van der Waals surface area contributed by atoms with Gasteiger partial charge in [-0.2, -0.15) is 0 Å². The monoisotopic (exact) mass is 393 g/mol. The van der Waals surface area contributed by atoms with Gasteiger partial charge >= 0.3 is 0 Å². The number of H-pyrrole nitrogens is 1. The minimum absolute atomic E-state index is 0.0958. The Balaban J connectivity index is 1.63. The fourth-order valence-corrected chi connectivity index (χ4v) is 4.08. The smallest absolute Gasteiger partial charge is 0.262 e. The van der Waals surface area contributed by atoms with Crippen molar-refractivity contribution in [3.63, 3.8) is 0 Å². The number of fused-ring (bicyclic) bond motifs is 1. The van der Waals surface area contributed by atoms with Gasteiger partial charge in [0.1, 0.15) is 0 Å². The fourth-order valence-electron chi connectivity index (χ4n) is 3.82. The van der Waals surface area contributed by atoms with Gasteiger partial charge in [0.15, 0.2) is 4.77 Å². The Hall–Kier alpha value is -2.73. The Morgan fingerprint density at radius 1 is 1.11 bits per heavy atom. The van der Waals surface area contributed by atoms with Gasteiger partial charge in [-0.15, -0.1) is 0 Å². The highest BCUT2D eigenvalue weighted by molar-refractivity contribution is 7.71. The van der Waals surface area contributed by atoms with E-state index in [4.69, 9.17) is 12.2 Å². The first-order valence-corrected chi connectivity index (χ1v) is 10.1. The SMILES string of the molecule is O=C(NC1CCCCC1)c1ccc2c(=O)n(Cc3ccccc3)c(=S)[nH]c2c1. The summed E-state index contributed by atoms with van der Waals surface area (Å²) in [4.78, 5) is 28.6. The first kappa shape index (κ1) is 18.6. The van der Waals surface area contributed by atoms with E-state index in [2.05, 4.69) is 10.3 Å². The van der Waals surface area contributed by atoms with Crippen LogP contribution in [0.2, 0.25) is 0 Å². The van der Waals surface area contributed by atoms with Crippen LogP contribution in [0.1, 0.15) is 48.0 Å². The molecule has 2 N–H and O–H groups in total. The Morgan fingerprint density at radius 2 is 1.86 bits per heavy atom.